The van der Waals surface area contributed by atoms with E-state index in [4.69, 9.17) is 10.2 Å². The summed E-state index contributed by atoms with van der Waals surface area (Å²) in [6.45, 7) is 7.20. The Bertz CT molecular complexity index is 564. The first-order valence-electron chi connectivity index (χ1n) is 7.19. The third-order valence-electron chi connectivity index (χ3n) is 3.49. The van der Waals surface area contributed by atoms with Gasteiger partial charge in [0.15, 0.2) is 0 Å². The quantitative estimate of drug-likeness (QED) is 0.782. The van der Waals surface area contributed by atoms with Crippen LogP contribution in [0.1, 0.15) is 30.4 Å². The van der Waals surface area contributed by atoms with Crippen molar-refractivity contribution in [2.24, 2.45) is 5.73 Å². The lowest BCUT2D eigenvalue weighted by atomic mass is 10.2. The Morgan fingerprint density at radius 3 is 2.24 bits per heavy atom. The largest absolute Gasteiger partial charge is 0.465 e. The second kappa shape index (κ2) is 7.40. The third-order valence-corrected chi connectivity index (χ3v) is 5.66. The van der Waals surface area contributed by atoms with Gasteiger partial charge in [0.25, 0.3) is 0 Å². The van der Waals surface area contributed by atoms with Crippen LogP contribution in [-0.4, -0.2) is 51.4 Å². The van der Waals surface area contributed by atoms with Crippen molar-refractivity contribution in [3.63, 3.8) is 0 Å². The van der Waals surface area contributed by atoms with Crippen LogP contribution in [0, 0.1) is 13.8 Å². The maximum absolute atomic E-state index is 12.8. The average molecular weight is 317 g/mol. The van der Waals surface area contributed by atoms with E-state index in [2.05, 4.69) is 0 Å². The van der Waals surface area contributed by atoms with E-state index in [0.717, 1.165) is 13.0 Å². The van der Waals surface area contributed by atoms with Gasteiger partial charge < -0.3 is 15.1 Å². The lowest BCUT2D eigenvalue weighted by Crippen LogP contribution is -2.34. The standard InChI is InChI=1S/C14H27N3O3S/c1-6-17(9-7-8-16(4)5)21(18,19)14-12(3)20-11(2)13(14)10-15/h6-10,15H2,1-5H3. The van der Waals surface area contributed by atoms with Crippen molar-refractivity contribution in [1.29, 1.82) is 0 Å². The number of sulfonamides is 1. The molecule has 0 saturated heterocycles. The smallest absolute Gasteiger partial charge is 0.246 e. The van der Waals surface area contributed by atoms with Crippen LogP contribution in [-0.2, 0) is 16.6 Å². The van der Waals surface area contributed by atoms with Gasteiger partial charge in [-0.3, -0.25) is 0 Å². The molecule has 1 aromatic heterocycles. The lowest BCUT2D eigenvalue weighted by Gasteiger charge is -2.21. The van der Waals surface area contributed by atoms with Gasteiger partial charge in [0.05, 0.1) is 0 Å². The Hall–Kier alpha value is -0.890. The number of rotatable bonds is 8. The van der Waals surface area contributed by atoms with Crippen LogP contribution in [0.2, 0.25) is 0 Å². The summed E-state index contributed by atoms with van der Waals surface area (Å²) in [4.78, 5) is 2.29. The zero-order valence-electron chi connectivity index (χ0n) is 13.6. The minimum absolute atomic E-state index is 0.160. The fourth-order valence-electron chi connectivity index (χ4n) is 2.42. The number of aryl methyl sites for hydroxylation is 2. The summed E-state index contributed by atoms with van der Waals surface area (Å²) in [7, 11) is 0.386. The van der Waals surface area contributed by atoms with Crippen LogP contribution >= 0.6 is 0 Å². The van der Waals surface area contributed by atoms with Crippen LogP contribution in [0.15, 0.2) is 9.31 Å². The summed E-state index contributed by atoms with van der Waals surface area (Å²) in [5, 5.41) is 0. The number of nitrogens with zero attached hydrogens (tertiary/aromatic N) is 2. The van der Waals surface area contributed by atoms with Gasteiger partial charge in [0.1, 0.15) is 16.4 Å². The zero-order chi connectivity index (χ0) is 16.2. The van der Waals surface area contributed by atoms with Crippen LogP contribution in [0.5, 0.6) is 0 Å². The normalized spacial score (nSPS) is 12.6. The Labute approximate surface area is 127 Å². The molecule has 2 N–H and O–H groups in total. The lowest BCUT2D eigenvalue weighted by molar-refractivity contribution is 0.355. The molecule has 1 aromatic rings. The fraction of sp³-hybridized carbons (Fsp3) is 0.714. The molecule has 0 saturated carbocycles. The van der Waals surface area contributed by atoms with Crippen molar-refractivity contribution in [3.05, 3.63) is 17.1 Å². The monoisotopic (exact) mass is 317 g/mol. The molecule has 122 valence electrons. The Morgan fingerprint density at radius 2 is 1.76 bits per heavy atom. The second-order valence-corrected chi connectivity index (χ2v) is 7.25. The molecule has 0 atom stereocenters. The summed E-state index contributed by atoms with van der Waals surface area (Å²) in [6, 6.07) is 0. The minimum Gasteiger partial charge on any atom is -0.465 e. The molecule has 21 heavy (non-hydrogen) atoms. The van der Waals surface area contributed by atoms with E-state index >= 15 is 0 Å². The maximum Gasteiger partial charge on any atom is 0.246 e. The van der Waals surface area contributed by atoms with E-state index in [1.165, 1.54) is 4.31 Å². The molecule has 1 rings (SSSR count). The molecule has 0 spiro atoms. The first-order valence-corrected chi connectivity index (χ1v) is 8.63. The number of nitrogens with two attached hydrogens (primary N) is 1. The zero-order valence-corrected chi connectivity index (χ0v) is 14.5. The second-order valence-electron chi connectivity index (χ2n) is 5.38. The molecular formula is C14H27N3O3S. The molecule has 7 heteroatoms. The highest BCUT2D eigenvalue weighted by molar-refractivity contribution is 7.89. The first-order chi connectivity index (χ1) is 9.75. The van der Waals surface area contributed by atoms with Crippen LogP contribution in [0.4, 0.5) is 0 Å². The van der Waals surface area contributed by atoms with Gasteiger partial charge >= 0.3 is 0 Å². The van der Waals surface area contributed by atoms with E-state index in [1.807, 2.05) is 25.9 Å². The van der Waals surface area contributed by atoms with Crippen LogP contribution < -0.4 is 5.73 Å². The molecule has 0 aliphatic carbocycles. The molecule has 0 aliphatic heterocycles. The van der Waals surface area contributed by atoms with Gasteiger partial charge in [-0.25, -0.2) is 8.42 Å². The molecule has 1 heterocycles. The van der Waals surface area contributed by atoms with Crippen molar-refractivity contribution in [3.8, 4) is 0 Å². The summed E-state index contributed by atoms with van der Waals surface area (Å²) in [6.07, 6.45) is 0.786. The highest BCUT2D eigenvalue weighted by Gasteiger charge is 2.30. The number of hydrogen-bond acceptors (Lipinski definition) is 5. The molecule has 0 bridgehead atoms. The van der Waals surface area contributed by atoms with Gasteiger partial charge in [-0.1, -0.05) is 6.92 Å². The molecule has 0 aromatic carbocycles. The predicted octanol–water partition coefficient (Wildman–Crippen LogP) is 1.32. The van der Waals surface area contributed by atoms with Gasteiger partial charge in [-0.2, -0.15) is 4.31 Å². The van der Waals surface area contributed by atoms with Gasteiger partial charge in [-0.05, 0) is 40.9 Å². The summed E-state index contributed by atoms with van der Waals surface area (Å²) in [5.74, 6) is 0.997. The van der Waals surface area contributed by atoms with E-state index < -0.39 is 10.0 Å². The summed E-state index contributed by atoms with van der Waals surface area (Å²) >= 11 is 0. The topological polar surface area (TPSA) is 79.8 Å². The molecule has 0 fully saturated rings. The fourth-order valence-corrected chi connectivity index (χ4v) is 4.34. The van der Waals surface area contributed by atoms with E-state index in [9.17, 15) is 8.42 Å². The SMILES string of the molecule is CCN(CCCN(C)C)S(=O)(=O)c1c(C)oc(C)c1CN. The summed E-state index contributed by atoms with van der Waals surface area (Å²) < 4.78 is 32.7. The Balaban J connectivity index is 3.08. The summed E-state index contributed by atoms with van der Waals surface area (Å²) in [5.41, 5.74) is 6.28. The Morgan fingerprint density at radius 1 is 1.14 bits per heavy atom. The minimum atomic E-state index is -3.56. The van der Waals surface area contributed by atoms with Gasteiger partial charge in [0.2, 0.25) is 10.0 Å². The van der Waals surface area contributed by atoms with Crippen LogP contribution in [0.3, 0.4) is 0 Å². The van der Waals surface area contributed by atoms with Crippen molar-refractivity contribution in [1.82, 2.24) is 9.21 Å². The van der Waals surface area contributed by atoms with Gasteiger partial charge in [0, 0.05) is 25.2 Å². The first kappa shape index (κ1) is 18.2. The highest BCUT2D eigenvalue weighted by atomic mass is 32.2. The Kier molecular flexibility index (Phi) is 6.40. The highest BCUT2D eigenvalue weighted by Crippen LogP contribution is 2.28. The molecular weight excluding hydrogens is 290 g/mol. The van der Waals surface area contributed by atoms with Gasteiger partial charge in [-0.15, -0.1) is 0 Å². The maximum atomic E-state index is 12.8. The van der Waals surface area contributed by atoms with Crippen LogP contribution in [0.25, 0.3) is 0 Å². The molecule has 6 nitrogen and oxygen atoms in total. The number of hydrogen-bond donors (Lipinski definition) is 1. The molecule has 0 radical (unpaired) electrons. The molecule has 0 unspecified atom stereocenters. The van der Waals surface area contributed by atoms with E-state index in [0.29, 0.717) is 30.2 Å². The molecule has 0 amide bonds. The van der Waals surface area contributed by atoms with E-state index in [1.54, 1.807) is 13.8 Å². The number of furan rings is 1. The van der Waals surface area contributed by atoms with Crippen molar-refractivity contribution < 1.29 is 12.8 Å². The van der Waals surface area contributed by atoms with E-state index in [-0.39, 0.29) is 11.4 Å². The van der Waals surface area contributed by atoms with Crippen molar-refractivity contribution in [2.75, 3.05) is 33.7 Å². The predicted molar refractivity (Wildman–Crippen MR) is 83.7 cm³/mol. The molecule has 0 aliphatic rings. The average Bonchev–Trinajstić information content (AvgIpc) is 2.68. The third kappa shape index (κ3) is 4.06. The van der Waals surface area contributed by atoms with Crippen molar-refractivity contribution >= 4 is 10.0 Å². The van der Waals surface area contributed by atoms with Crippen molar-refractivity contribution in [2.45, 2.75) is 38.6 Å².